The van der Waals surface area contributed by atoms with Crippen molar-refractivity contribution in [1.29, 1.82) is 0 Å². The van der Waals surface area contributed by atoms with E-state index in [1.165, 1.54) is 18.5 Å². The molecule has 9 heteroatoms. The normalized spacial score (nSPS) is 17.5. The number of rotatable bonds is 3. The number of aromatic nitrogens is 1. The molecule has 1 aromatic heterocycles. The van der Waals surface area contributed by atoms with E-state index in [0.29, 0.717) is 13.0 Å². The fourth-order valence-electron chi connectivity index (χ4n) is 2.39. The van der Waals surface area contributed by atoms with Gasteiger partial charge in [0.15, 0.2) is 0 Å². The first-order chi connectivity index (χ1) is 11.2. The van der Waals surface area contributed by atoms with Gasteiger partial charge in [-0.3, -0.25) is 9.78 Å². The molecule has 1 aromatic rings. The van der Waals surface area contributed by atoms with Crippen molar-refractivity contribution in [2.75, 3.05) is 11.4 Å². The lowest BCUT2D eigenvalue weighted by Gasteiger charge is -2.28. The molecule has 2 heterocycles. The standard InChI is InChI=1S/C15H22BN3O5/c1-15(2,3)24-14(21)19(13(20)12-5-4-6-18-12)11-7-10(16(22)23)8-17-9-11/h7-9,12,18,22-23H,4-6H2,1-3H3. The molecular formula is C15H22BN3O5. The van der Waals surface area contributed by atoms with E-state index in [1.54, 1.807) is 20.8 Å². The molecule has 0 aliphatic carbocycles. The molecular weight excluding hydrogens is 313 g/mol. The molecule has 0 spiro atoms. The summed E-state index contributed by atoms with van der Waals surface area (Å²) >= 11 is 0. The number of carbonyl (C=O) groups is 2. The monoisotopic (exact) mass is 335 g/mol. The predicted molar refractivity (Wildman–Crippen MR) is 88.8 cm³/mol. The highest BCUT2D eigenvalue weighted by Crippen LogP contribution is 2.20. The van der Waals surface area contributed by atoms with Crippen LogP contribution >= 0.6 is 0 Å². The summed E-state index contributed by atoms with van der Waals surface area (Å²) in [6, 6.07) is 0.842. The van der Waals surface area contributed by atoms with Crippen LogP contribution in [0.4, 0.5) is 10.5 Å². The van der Waals surface area contributed by atoms with E-state index >= 15 is 0 Å². The Bertz CT molecular complexity index is 611. The first-order valence-corrected chi connectivity index (χ1v) is 7.80. The van der Waals surface area contributed by atoms with Gasteiger partial charge in [0.05, 0.1) is 17.9 Å². The summed E-state index contributed by atoms with van der Waals surface area (Å²) in [5, 5.41) is 21.6. The van der Waals surface area contributed by atoms with Crippen LogP contribution in [-0.4, -0.2) is 52.3 Å². The summed E-state index contributed by atoms with van der Waals surface area (Å²) in [5.41, 5.74) is -0.568. The Morgan fingerprint density at radius 3 is 2.62 bits per heavy atom. The quantitative estimate of drug-likeness (QED) is 0.655. The molecule has 1 saturated heterocycles. The molecule has 0 saturated carbocycles. The second-order valence-corrected chi connectivity index (χ2v) is 6.65. The molecule has 1 aliphatic heterocycles. The third kappa shape index (κ3) is 4.53. The average Bonchev–Trinajstić information content (AvgIpc) is 3.00. The molecule has 2 amide bonds. The molecule has 1 unspecified atom stereocenters. The van der Waals surface area contributed by atoms with Crippen LogP contribution in [0.1, 0.15) is 33.6 Å². The lowest BCUT2D eigenvalue weighted by atomic mass is 9.81. The topological polar surface area (TPSA) is 112 Å². The van der Waals surface area contributed by atoms with Crippen LogP contribution in [-0.2, 0) is 9.53 Å². The number of amides is 2. The predicted octanol–water partition coefficient (Wildman–Crippen LogP) is -0.218. The number of nitrogens with one attached hydrogen (secondary N) is 1. The van der Waals surface area contributed by atoms with Crippen molar-refractivity contribution in [3.63, 3.8) is 0 Å². The largest absolute Gasteiger partial charge is 0.490 e. The van der Waals surface area contributed by atoms with Crippen LogP contribution in [0.15, 0.2) is 18.5 Å². The molecule has 8 nitrogen and oxygen atoms in total. The van der Waals surface area contributed by atoms with E-state index in [0.717, 1.165) is 11.3 Å². The second kappa shape index (κ2) is 7.29. The molecule has 1 fully saturated rings. The van der Waals surface area contributed by atoms with Gasteiger partial charge in [-0.05, 0) is 46.2 Å². The smallest absolute Gasteiger partial charge is 0.443 e. The van der Waals surface area contributed by atoms with Gasteiger partial charge in [0, 0.05) is 11.7 Å². The molecule has 0 radical (unpaired) electrons. The van der Waals surface area contributed by atoms with Gasteiger partial charge < -0.3 is 20.1 Å². The van der Waals surface area contributed by atoms with E-state index in [1.807, 2.05) is 0 Å². The van der Waals surface area contributed by atoms with Gasteiger partial charge in [0.25, 0.3) is 5.91 Å². The highest BCUT2D eigenvalue weighted by atomic mass is 16.6. The van der Waals surface area contributed by atoms with Crippen LogP contribution in [0.25, 0.3) is 0 Å². The summed E-state index contributed by atoms with van der Waals surface area (Å²) in [7, 11) is -1.75. The zero-order valence-electron chi connectivity index (χ0n) is 14.0. The van der Waals surface area contributed by atoms with Crippen molar-refractivity contribution in [2.24, 2.45) is 0 Å². The van der Waals surface area contributed by atoms with Gasteiger partial charge in [0.2, 0.25) is 0 Å². The van der Waals surface area contributed by atoms with Crippen LogP contribution in [0, 0.1) is 0 Å². The summed E-state index contributed by atoms with van der Waals surface area (Å²) < 4.78 is 5.32. The molecule has 1 atom stereocenters. The van der Waals surface area contributed by atoms with Crippen LogP contribution in [0.5, 0.6) is 0 Å². The van der Waals surface area contributed by atoms with E-state index in [2.05, 4.69) is 10.3 Å². The Morgan fingerprint density at radius 2 is 2.08 bits per heavy atom. The minimum absolute atomic E-state index is 0.0771. The zero-order valence-corrected chi connectivity index (χ0v) is 14.0. The minimum atomic E-state index is -1.75. The fraction of sp³-hybridized carbons (Fsp3) is 0.533. The number of pyridine rings is 1. The van der Waals surface area contributed by atoms with E-state index in [-0.39, 0.29) is 11.2 Å². The van der Waals surface area contributed by atoms with Crippen molar-refractivity contribution in [3.05, 3.63) is 18.5 Å². The molecule has 3 N–H and O–H groups in total. The SMILES string of the molecule is CC(C)(C)OC(=O)N(C(=O)C1CCCN1)c1cncc(B(O)O)c1. The summed E-state index contributed by atoms with van der Waals surface area (Å²) in [6.45, 7) is 5.81. The molecule has 0 bridgehead atoms. The van der Waals surface area contributed by atoms with Crippen molar-refractivity contribution >= 4 is 30.3 Å². The molecule has 0 aromatic carbocycles. The Kier molecular flexibility index (Phi) is 5.58. The fourth-order valence-corrected chi connectivity index (χ4v) is 2.39. The number of anilines is 1. The Balaban J connectivity index is 2.36. The lowest BCUT2D eigenvalue weighted by Crippen LogP contribution is -2.49. The van der Waals surface area contributed by atoms with Gasteiger partial charge in [-0.25, -0.2) is 9.69 Å². The highest BCUT2D eigenvalue weighted by Gasteiger charge is 2.35. The summed E-state index contributed by atoms with van der Waals surface area (Å²) in [5.74, 6) is -0.451. The van der Waals surface area contributed by atoms with Crippen molar-refractivity contribution < 1.29 is 24.4 Å². The zero-order chi connectivity index (χ0) is 17.9. The van der Waals surface area contributed by atoms with Crippen LogP contribution < -0.4 is 15.7 Å². The molecule has 2 rings (SSSR count). The van der Waals surface area contributed by atoms with Crippen molar-refractivity contribution in [2.45, 2.75) is 45.3 Å². The summed E-state index contributed by atoms with van der Waals surface area (Å²) in [4.78, 5) is 30.1. The van der Waals surface area contributed by atoms with Gasteiger partial charge in [-0.15, -0.1) is 0 Å². The maximum absolute atomic E-state index is 12.8. The van der Waals surface area contributed by atoms with Gasteiger partial charge in [0.1, 0.15) is 5.60 Å². The number of carbonyl (C=O) groups excluding carboxylic acids is 2. The van der Waals surface area contributed by atoms with Crippen LogP contribution in [0.2, 0.25) is 0 Å². The Labute approximate surface area is 141 Å². The van der Waals surface area contributed by atoms with Crippen LogP contribution in [0.3, 0.4) is 0 Å². The first-order valence-electron chi connectivity index (χ1n) is 7.80. The molecule has 24 heavy (non-hydrogen) atoms. The van der Waals surface area contributed by atoms with E-state index in [9.17, 15) is 19.6 Å². The van der Waals surface area contributed by atoms with Gasteiger partial charge >= 0.3 is 13.2 Å². The number of hydrogen-bond donors (Lipinski definition) is 3. The molecule has 130 valence electrons. The van der Waals surface area contributed by atoms with Crippen molar-refractivity contribution in [3.8, 4) is 0 Å². The minimum Gasteiger partial charge on any atom is -0.443 e. The third-order valence-corrected chi connectivity index (χ3v) is 3.46. The second-order valence-electron chi connectivity index (χ2n) is 6.65. The number of nitrogens with zero attached hydrogens (tertiary/aromatic N) is 2. The Morgan fingerprint density at radius 1 is 1.38 bits per heavy atom. The Hall–Kier alpha value is -1.97. The third-order valence-electron chi connectivity index (χ3n) is 3.46. The maximum atomic E-state index is 12.8. The maximum Gasteiger partial charge on any atom is 0.490 e. The number of hydrogen-bond acceptors (Lipinski definition) is 7. The van der Waals surface area contributed by atoms with E-state index in [4.69, 9.17) is 4.74 Å². The number of imide groups is 1. The molecule has 1 aliphatic rings. The number of ether oxygens (including phenoxy) is 1. The van der Waals surface area contributed by atoms with Gasteiger partial charge in [-0.1, -0.05) is 0 Å². The van der Waals surface area contributed by atoms with Gasteiger partial charge in [-0.2, -0.15) is 0 Å². The first kappa shape index (κ1) is 18.4. The van der Waals surface area contributed by atoms with Crippen molar-refractivity contribution in [1.82, 2.24) is 10.3 Å². The highest BCUT2D eigenvalue weighted by molar-refractivity contribution is 6.58. The summed E-state index contributed by atoms with van der Waals surface area (Å²) in [6.07, 6.45) is 3.19. The lowest BCUT2D eigenvalue weighted by molar-refractivity contribution is -0.120. The van der Waals surface area contributed by atoms with E-state index < -0.39 is 30.8 Å². The average molecular weight is 335 g/mol.